The normalized spacial score (nSPS) is 15.5. The molecule has 24 heavy (non-hydrogen) atoms. The number of carbonyl (C=O) groups excluding carboxylic acids is 2. The molecule has 1 fully saturated rings. The predicted octanol–water partition coefficient (Wildman–Crippen LogP) is 2.52. The molecule has 0 saturated carbocycles. The van der Waals surface area contributed by atoms with Crippen molar-refractivity contribution in [3.8, 4) is 0 Å². The van der Waals surface area contributed by atoms with Crippen molar-refractivity contribution in [1.82, 2.24) is 10.2 Å². The van der Waals surface area contributed by atoms with Crippen LogP contribution in [0.15, 0.2) is 24.3 Å². The van der Waals surface area contributed by atoms with Crippen molar-refractivity contribution in [2.75, 3.05) is 31.6 Å². The maximum absolute atomic E-state index is 12.6. The Labute approximate surface area is 145 Å². The molecule has 0 unspecified atom stereocenters. The molecule has 1 aromatic rings. The number of likely N-dealkylation sites (tertiary alicyclic amines) is 1. The number of nitrogens with zero attached hydrogens (tertiary/aromatic N) is 2. The summed E-state index contributed by atoms with van der Waals surface area (Å²) in [6.45, 7) is 8.21. The van der Waals surface area contributed by atoms with E-state index in [0.29, 0.717) is 13.1 Å². The van der Waals surface area contributed by atoms with E-state index in [2.05, 4.69) is 17.1 Å². The number of amides is 2. The van der Waals surface area contributed by atoms with Crippen molar-refractivity contribution in [2.45, 2.75) is 39.7 Å². The van der Waals surface area contributed by atoms with Gasteiger partial charge in [-0.15, -0.1) is 0 Å². The molecule has 2 rings (SSSR count). The van der Waals surface area contributed by atoms with Gasteiger partial charge in [0.1, 0.15) is 0 Å². The van der Waals surface area contributed by atoms with E-state index in [0.717, 1.165) is 30.6 Å². The molecule has 2 amide bonds. The van der Waals surface area contributed by atoms with Gasteiger partial charge in [0.25, 0.3) is 5.91 Å². The second-order valence-corrected chi connectivity index (χ2v) is 6.79. The smallest absolute Gasteiger partial charge is 0.253 e. The van der Waals surface area contributed by atoms with Gasteiger partial charge in [0, 0.05) is 49.9 Å². The average Bonchev–Trinajstić information content (AvgIpc) is 2.61. The van der Waals surface area contributed by atoms with Crippen LogP contribution in [0.3, 0.4) is 0 Å². The molecule has 0 atom stereocenters. The highest BCUT2D eigenvalue weighted by Crippen LogP contribution is 2.18. The summed E-state index contributed by atoms with van der Waals surface area (Å²) in [5.41, 5.74) is 1.84. The van der Waals surface area contributed by atoms with Crippen LogP contribution < -0.4 is 10.2 Å². The first-order valence-electron chi connectivity index (χ1n) is 8.83. The Morgan fingerprint density at radius 3 is 2.29 bits per heavy atom. The first kappa shape index (κ1) is 18.3. The zero-order valence-corrected chi connectivity index (χ0v) is 15.2. The van der Waals surface area contributed by atoms with E-state index < -0.39 is 0 Å². The minimum atomic E-state index is 0.00410. The largest absolute Gasteiger partial charge is 0.375 e. The standard InChI is InChI=1S/C19H29N3O2/c1-5-21(4)17-8-6-15(7-9-17)19(24)22-12-10-16(11-13-22)20-18(23)14(2)3/h6-9,14,16H,5,10-13H2,1-4H3,(H,20,23). The van der Waals surface area contributed by atoms with E-state index in [1.54, 1.807) is 0 Å². The highest BCUT2D eigenvalue weighted by molar-refractivity contribution is 5.94. The van der Waals surface area contributed by atoms with E-state index in [1.807, 2.05) is 50.1 Å². The number of rotatable bonds is 5. The van der Waals surface area contributed by atoms with Crippen LogP contribution in [0.4, 0.5) is 5.69 Å². The number of nitrogens with one attached hydrogen (secondary N) is 1. The van der Waals surface area contributed by atoms with Gasteiger partial charge in [0.15, 0.2) is 0 Å². The topological polar surface area (TPSA) is 52.7 Å². The fourth-order valence-electron chi connectivity index (χ4n) is 2.82. The highest BCUT2D eigenvalue weighted by atomic mass is 16.2. The summed E-state index contributed by atoms with van der Waals surface area (Å²) in [7, 11) is 2.03. The van der Waals surface area contributed by atoms with E-state index in [9.17, 15) is 9.59 Å². The molecule has 1 aromatic carbocycles. The van der Waals surface area contributed by atoms with Crippen LogP contribution in [-0.4, -0.2) is 49.4 Å². The van der Waals surface area contributed by atoms with Gasteiger partial charge in [-0.3, -0.25) is 9.59 Å². The molecule has 132 valence electrons. The van der Waals surface area contributed by atoms with Gasteiger partial charge in [-0.25, -0.2) is 0 Å². The summed E-state index contributed by atoms with van der Waals surface area (Å²) in [5.74, 6) is 0.175. The molecule has 0 radical (unpaired) electrons. The third-order valence-electron chi connectivity index (χ3n) is 4.68. The van der Waals surface area contributed by atoms with E-state index >= 15 is 0 Å². The van der Waals surface area contributed by atoms with Crippen LogP contribution in [0, 0.1) is 5.92 Å². The Hall–Kier alpha value is -2.04. The second kappa shape index (κ2) is 8.18. The molecule has 0 bridgehead atoms. The van der Waals surface area contributed by atoms with Crippen LogP contribution >= 0.6 is 0 Å². The van der Waals surface area contributed by atoms with Crippen LogP contribution in [-0.2, 0) is 4.79 Å². The maximum atomic E-state index is 12.6. The molecule has 0 spiro atoms. The summed E-state index contributed by atoms with van der Waals surface area (Å²) < 4.78 is 0. The SMILES string of the molecule is CCN(C)c1ccc(C(=O)N2CCC(NC(=O)C(C)C)CC2)cc1. The van der Waals surface area contributed by atoms with Crippen molar-refractivity contribution in [2.24, 2.45) is 5.92 Å². The van der Waals surface area contributed by atoms with E-state index in [-0.39, 0.29) is 23.8 Å². The molecule has 0 aromatic heterocycles. The number of benzene rings is 1. The lowest BCUT2D eigenvalue weighted by Crippen LogP contribution is -2.47. The molecule has 1 heterocycles. The van der Waals surface area contributed by atoms with Gasteiger partial charge in [-0.05, 0) is 44.0 Å². The molecule has 1 saturated heterocycles. The summed E-state index contributed by atoms with van der Waals surface area (Å²) >= 11 is 0. The van der Waals surface area contributed by atoms with Crippen LogP contribution in [0.5, 0.6) is 0 Å². The Kier molecular flexibility index (Phi) is 6.23. The van der Waals surface area contributed by atoms with Gasteiger partial charge < -0.3 is 15.1 Å². The van der Waals surface area contributed by atoms with Crippen molar-refractivity contribution < 1.29 is 9.59 Å². The van der Waals surface area contributed by atoms with Gasteiger partial charge in [-0.1, -0.05) is 13.8 Å². The number of carbonyl (C=O) groups is 2. The Morgan fingerprint density at radius 1 is 1.21 bits per heavy atom. The van der Waals surface area contributed by atoms with E-state index in [4.69, 9.17) is 0 Å². The lowest BCUT2D eigenvalue weighted by molar-refractivity contribution is -0.124. The number of hydrogen-bond donors (Lipinski definition) is 1. The summed E-state index contributed by atoms with van der Waals surface area (Å²) in [5, 5.41) is 3.06. The number of anilines is 1. The number of piperidine rings is 1. The molecule has 1 aliphatic rings. The minimum Gasteiger partial charge on any atom is -0.375 e. The third-order valence-corrected chi connectivity index (χ3v) is 4.68. The molecular weight excluding hydrogens is 302 g/mol. The maximum Gasteiger partial charge on any atom is 0.253 e. The first-order valence-corrected chi connectivity index (χ1v) is 8.83. The average molecular weight is 331 g/mol. The zero-order valence-electron chi connectivity index (χ0n) is 15.2. The Morgan fingerprint density at radius 2 is 1.79 bits per heavy atom. The molecule has 0 aliphatic carbocycles. The lowest BCUT2D eigenvalue weighted by atomic mass is 10.0. The lowest BCUT2D eigenvalue weighted by Gasteiger charge is -2.33. The third kappa shape index (κ3) is 4.49. The molecule has 5 nitrogen and oxygen atoms in total. The van der Waals surface area contributed by atoms with Gasteiger partial charge in [0.2, 0.25) is 5.91 Å². The first-order chi connectivity index (χ1) is 11.4. The van der Waals surface area contributed by atoms with E-state index in [1.165, 1.54) is 0 Å². The van der Waals surface area contributed by atoms with Crippen molar-refractivity contribution in [1.29, 1.82) is 0 Å². The van der Waals surface area contributed by atoms with Crippen molar-refractivity contribution in [3.05, 3.63) is 29.8 Å². The quantitative estimate of drug-likeness (QED) is 0.902. The predicted molar refractivity (Wildman–Crippen MR) is 97.3 cm³/mol. The Balaban J connectivity index is 1.89. The van der Waals surface area contributed by atoms with Crippen molar-refractivity contribution >= 4 is 17.5 Å². The number of hydrogen-bond acceptors (Lipinski definition) is 3. The second-order valence-electron chi connectivity index (χ2n) is 6.79. The van der Waals surface area contributed by atoms with Gasteiger partial charge >= 0.3 is 0 Å². The monoisotopic (exact) mass is 331 g/mol. The van der Waals surface area contributed by atoms with Crippen LogP contribution in [0.2, 0.25) is 0 Å². The fourth-order valence-corrected chi connectivity index (χ4v) is 2.82. The van der Waals surface area contributed by atoms with Gasteiger partial charge in [0.05, 0.1) is 0 Å². The van der Waals surface area contributed by atoms with Crippen LogP contribution in [0.1, 0.15) is 44.0 Å². The molecular formula is C19H29N3O2. The van der Waals surface area contributed by atoms with Crippen molar-refractivity contribution in [3.63, 3.8) is 0 Å². The van der Waals surface area contributed by atoms with Crippen LogP contribution in [0.25, 0.3) is 0 Å². The highest BCUT2D eigenvalue weighted by Gasteiger charge is 2.25. The van der Waals surface area contributed by atoms with Gasteiger partial charge in [-0.2, -0.15) is 0 Å². The fraction of sp³-hybridized carbons (Fsp3) is 0.579. The zero-order chi connectivity index (χ0) is 17.7. The molecule has 1 aliphatic heterocycles. The molecule has 1 N–H and O–H groups in total. The summed E-state index contributed by atoms with van der Waals surface area (Å²) in [6, 6.07) is 7.97. The summed E-state index contributed by atoms with van der Waals surface area (Å²) in [4.78, 5) is 28.4. The molecule has 5 heteroatoms. The Bertz CT molecular complexity index is 560. The minimum absolute atomic E-state index is 0.00410. The summed E-state index contributed by atoms with van der Waals surface area (Å²) in [6.07, 6.45) is 1.64.